The van der Waals surface area contributed by atoms with Gasteiger partial charge in [-0.25, -0.2) is 0 Å². The smallest absolute Gasteiger partial charge is 0.195 e. The first-order valence-corrected chi connectivity index (χ1v) is 9.36. The number of hydrogen-bond donors (Lipinski definition) is 6. The second-order valence-corrected chi connectivity index (χ2v) is 7.65. The molecule has 0 unspecified atom stereocenters. The molecule has 9 nitrogen and oxygen atoms in total. The SMILES string of the molecule is CO[C@H](C(=O)[C@H](O)[C@H](C)O)[C@@H]1Cc2cc3cc(O)c(C)c(O)c3c(O)c2C(=O)[C@@H]1O. The van der Waals surface area contributed by atoms with E-state index >= 15 is 0 Å². The van der Waals surface area contributed by atoms with Crippen LogP contribution in [0.4, 0.5) is 0 Å². The van der Waals surface area contributed by atoms with Crippen LogP contribution >= 0.6 is 0 Å². The maximum Gasteiger partial charge on any atom is 0.195 e. The lowest BCUT2D eigenvalue weighted by molar-refractivity contribution is -0.148. The maximum absolute atomic E-state index is 12.9. The van der Waals surface area contributed by atoms with Crippen molar-refractivity contribution in [1.82, 2.24) is 0 Å². The molecule has 162 valence electrons. The number of carbonyl (C=O) groups is 2. The predicted octanol–water partition coefficient (Wildman–Crippen LogP) is 0.307. The molecule has 0 radical (unpaired) electrons. The molecule has 6 N–H and O–H groups in total. The summed E-state index contributed by atoms with van der Waals surface area (Å²) >= 11 is 0. The van der Waals surface area contributed by atoms with Crippen LogP contribution in [0.15, 0.2) is 12.1 Å². The molecule has 2 aromatic rings. The molecule has 0 saturated carbocycles. The minimum absolute atomic E-state index is 0.0352. The summed E-state index contributed by atoms with van der Waals surface area (Å²) in [6.45, 7) is 2.66. The van der Waals surface area contributed by atoms with E-state index in [-0.39, 0.29) is 45.4 Å². The Bertz CT molecular complexity index is 1030. The van der Waals surface area contributed by atoms with E-state index in [9.17, 15) is 40.2 Å². The first-order chi connectivity index (χ1) is 14.0. The number of aliphatic hydroxyl groups is 3. The monoisotopic (exact) mass is 420 g/mol. The fourth-order valence-electron chi connectivity index (χ4n) is 4.00. The van der Waals surface area contributed by atoms with Crippen molar-refractivity contribution in [3.05, 3.63) is 28.8 Å². The van der Waals surface area contributed by atoms with Crippen LogP contribution < -0.4 is 0 Å². The van der Waals surface area contributed by atoms with Crippen LogP contribution in [-0.4, -0.2) is 73.7 Å². The number of phenols is 3. The Labute approximate surface area is 171 Å². The summed E-state index contributed by atoms with van der Waals surface area (Å²) < 4.78 is 5.15. The van der Waals surface area contributed by atoms with Gasteiger partial charge < -0.3 is 35.4 Å². The van der Waals surface area contributed by atoms with Crippen LogP contribution in [0.3, 0.4) is 0 Å². The second-order valence-electron chi connectivity index (χ2n) is 7.65. The maximum atomic E-state index is 12.9. The van der Waals surface area contributed by atoms with E-state index in [4.69, 9.17) is 4.74 Å². The first kappa shape index (κ1) is 22.0. The van der Waals surface area contributed by atoms with Crippen molar-refractivity contribution in [3.8, 4) is 17.2 Å². The molecule has 0 spiro atoms. The third-order valence-electron chi connectivity index (χ3n) is 5.73. The number of fused-ring (bicyclic) bond motifs is 2. The van der Waals surface area contributed by atoms with Crippen LogP contribution in [0.1, 0.15) is 28.4 Å². The lowest BCUT2D eigenvalue weighted by Crippen LogP contribution is -2.50. The molecule has 1 aliphatic rings. The molecule has 0 fully saturated rings. The highest BCUT2D eigenvalue weighted by Gasteiger charge is 2.45. The van der Waals surface area contributed by atoms with Crippen molar-refractivity contribution in [2.45, 2.75) is 44.7 Å². The number of aromatic hydroxyl groups is 3. The highest BCUT2D eigenvalue weighted by Crippen LogP contribution is 2.45. The molecule has 0 aliphatic heterocycles. The number of methoxy groups -OCH3 is 1. The number of benzene rings is 2. The number of carbonyl (C=O) groups excluding carboxylic acids is 2. The van der Waals surface area contributed by atoms with Crippen molar-refractivity contribution >= 4 is 22.3 Å². The topological polar surface area (TPSA) is 165 Å². The summed E-state index contributed by atoms with van der Waals surface area (Å²) in [5, 5.41) is 61.2. The summed E-state index contributed by atoms with van der Waals surface area (Å²) in [6, 6.07) is 2.80. The summed E-state index contributed by atoms with van der Waals surface area (Å²) in [6.07, 6.45) is -6.32. The molecule has 0 saturated heterocycles. The van der Waals surface area contributed by atoms with Crippen LogP contribution in [0.5, 0.6) is 17.2 Å². The summed E-state index contributed by atoms with van der Waals surface area (Å²) in [5.41, 5.74) is 0.214. The fourth-order valence-corrected chi connectivity index (χ4v) is 4.00. The van der Waals surface area contributed by atoms with Crippen LogP contribution in [0.2, 0.25) is 0 Å². The normalized spacial score (nSPS) is 21.9. The number of aliphatic hydroxyl groups excluding tert-OH is 3. The molecule has 2 aromatic carbocycles. The second kappa shape index (κ2) is 7.84. The summed E-state index contributed by atoms with van der Waals surface area (Å²) in [5.74, 6) is -3.96. The fraction of sp³-hybridized carbons (Fsp3) is 0.429. The Morgan fingerprint density at radius 1 is 1.17 bits per heavy atom. The van der Waals surface area contributed by atoms with Gasteiger partial charge in [-0.3, -0.25) is 9.59 Å². The van der Waals surface area contributed by atoms with Crippen LogP contribution in [0, 0.1) is 12.8 Å². The van der Waals surface area contributed by atoms with E-state index in [1.54, 1.807) is 0 Å². The van der Waals surface area contributed by atoms with Gasteiger partial charge in [0.2, 0.25) is 0 Å². The Balaban J connectivity index is 2.14. The Hall–Kier alpha value is -2.72. The number of ether oxygens (including phenoxy) is 1. The molecule has 3 rings (SSSR count). The Kier molecular flexibility index (Phi) is 5.74. The quantitative estimate of drug-likeness (QED) is 0.399. The Morgan fingerprint density at radius 3 is 2.37 bits per heavy atom. The number of rotatable bonds is 5. The van der Waals surface area contributed by atoms with Crippen LogP contribution in [-0.2, 0) is 16.0 Å². The average Bonchev–Trinajstić information content (AvgIpc) is 2.69. The van der Waals surface area contributed by atoms with Gasteiger partial charge in [0.25, 0.3) is 0 Å². The van der Waals surface area contributed by atoms with E-state index in [0.717, 1.165) is 0 Å². The zero-order chi connectivity index (χ0) is 22.5. The van der Waals surface area contributed by atoms with Gasteiger partial charge in [-0.05, 0) is 43.4 Å². The standard InChI is InChI=1S/C21H24O9/c1-7-12(23)6-10-4-9-5-11(21(30-3)20(29)16(25)8(2)22)17(26)19(28)14(9)18(27)13(10)15(7)24/h4,6,8,11,16-17,21-27H,5H2,1-3H3/t8-,11+,16+,17+,21-/m0/s1. The number of Topliss-reactive ketones (excluding diaryl/α,β-unsaturated/α-hetero) is 2. The minimum atomic E-state index is -1.76. The third-order valence-corrected chi connectivity index (χ3v) is 5.73. The lowest BCUT2D eigenvalue weighted by atomic mass is 9.75. The molecule has 0 aromatic heterocycles. The molecular formula is C21H24O9. The highest BCUT2D eigenvalue weighted by atomic mass is 16.5. The predicted molar refractivity (Wildman–Crippen MR) is 105 cm³/mol. The average molecular weight is 420 g/mol. The van der Waals surface area contributed by atoms with Gasteiger partial charge in [0, 0.05) is 18.6 Å². The summed E-state index contributed by atoms with van der Waals surface area (Å²) in [7, 11) is 1.18. The van der Waals surface area contributed by atoms with E-state index in [0.29, 0.717) is 0 Å². The zero-order valence-electron chi connectivity index (χ0n) is 16.7. The highest BCUT2D eigenvalue weighted by molar-refractivity contribution is 6.11. The number of hydrogen-bond acceptors (Lipinski definition) is 9. The van der Waals surface area contributed by atoms with E-state index in [1.165, 1.54) is 33.1 Å². The van der Waals surface area contributed by atoms with Gasteiger partial charge in [-0.1, -0.05) is 0 Å². The van der Waals surface area contributed by atoms with Gasteiger partial charge in [-0.15, -0.1) is 0 Å². The number of ketones is 2. The molecular weight excluding hydrogens is 396 g/mol. The van der Waals surface area contributed by atoms with Crippen molar-refractivity contribution in [3.63, 3.8) is 0 Å². The van der Waals surface area contributed by atoms with E-state index < -0.39 is 47.6 Å². The minimum Gasteiger partial charge on any atom is -0.508 e. The van der Waals surface area contributed by atoms with Crippen molar-refractivity contribution < 1.29 is 45.0 Å². The summed E-state index contributed by atoms with van der Waals surface area (Å²) in [4.78, 5) is 25.4. The van der Waals surface area contributed by atoms with Crippen molar-refractivity contribution in [2.75, 3.05) is 7.11 Å². The molecule has 0 amide bonds. The largest absolute Gasteiger partial charge is 0.508 e. The molecule has 0 bridgehead atoms. The van der Waals surface area contributed by atoms with Gasteiger partial charge in [-0.2, -0.15) is 0 Å². The molecule has 5 atom stereocenters. The lowest BCUT2D eigenvalue weighted by Gasteiger charge is -2.34. The third kappa shape index (κ3) is 3.29. The van der Waals surface area contributed by atoms with Crippen molar-refractivity contribution in [1.29, 1.82) is 0 Å². The molecule has 1 aliphatic carbocycles. The first-order valence-electron chi connectivity index (χ1n) is 9.36. The number of phenolic OH excluding ortho intramolecular Hbond substituents is 3. The van der Waals surface area contributed by atoms with Crippen molar-refractivity contribution in [2.24, 2.45) is 5.92 Å². The molecule has 30 heavy (non-hydrogen) atoms. The molecule has 9 heteroatoms. The Morgan fingerprint density at radius 2 is 1.80 bits per heavy atom. The molecule has 0 heterocycles. The van der Waals surface area contributed by atoms with E-state index in [1.807, 2.05) is 0 Å². The van der Waals surface area contributed by atoms with E-state index in [2.05, 4.69) is 0 Å². The van der Waals surface area contributed by atoms with Gasteiger partial charge in [0.05, 0.1) is 17.1 Å². The van der Waals surface area contributed by atoms with Crippen LogP contribution in [0.25, 0.3) is 10.8 Å². The van der Waals surface area contributed by atoms with Gasteiger partial charge in [0.1, 0.15) is 35.6 Å². The van der Waals surface area contributed by atoms with Gasteiger partial charge in [0.15, 0.2) is 11.6 Å². The van der Waals surface area contributed by atoms with Gasteiger partial charge >= 0.3 is 0 Å². The zero-order valence-corrected chi connectivity index (χ0v) is 16.7.